The van der Waals surface area contributed by atoms with Crippen LogP contribution in [-0.2, 0) is 4.79 Å². The average Bonchev–Trinajstić information content (AvgIpc) is 3.46. The number of aromatic nitrogens is 2. The highest BCUT2D eigenvalue weighted by Crippen LogP contribution is 2.38. The number of amides is 1. The highest BCUT2D eigenvalue weighted by Gasteiger charge is 2.44. The molecule has 0 spiro atoms. The molecule has 0 radical (unpaired) electrons. The molecule has 1 amide bonds. The van der Waals surface area contributed by atoms with Gasteiger partial charge in [-0.05, 0) is 78.1 Å². The number of nitrogens with zero attached hydrogens (tertiary/aromatic N) is 3. The number of halogens is 1. The zero-order valence-corrected chi connectivity index (χ0v) is 21.8. The SMILES string of the molecule is Cc1onc2c1c(=O)n(C1CCC(NC(=O)C(C)(C3CCCCC3)N(C)C)C1)c1cccc(Cl)c21. The molecule has 35 heavy (non-hydrogen) atoms. The van der Waals surface area contributed by atoms with E-state index in [0.29, 0.717) is 34.0 Å². The quantitative estimate of drug-likeness (QED) is 0.522. The first-order valence-electron chi connectivity index (χ1n) is 12.8. The number of pyridine rings is 1. The van der Waals surface area contributed by atoms with Gasteiger partial charge >= 0.3 is 0 Å². The molecule has 3 aromatic rings. The number of fused-ring (bicyclic) bond motifs is 3. The van der Waals surface area contributed by atoms with Crippen molar-refractivity contribution in [2.24, 2.45) is 5.92 Å². The van der Waals surface area contributed by atoms with Gasteiger partial charge in [-0.15, -0.1) is 0 Å². The molecule has 2 aliphatic rings. The van der Waals surface area contributed by atoms with Crippen LogP contribution in [-0.4, -0.2) is 46.2 Å². The second-order valence-electron chi connectivity index (χ2n) is 10.8. The number of hydrogen-bond acceptors (Lipinski definition) is 5. The third-order valence-corrected chi connectivity index (χ3v) is 8.99. The van der Waals surface area contributed by atoms with Crippen LogP contribution >= 0.6 is 11.6 Å². The second-order valence-corrected chi connectivity index (χ2v) is 11.2. The molecular formula is C27H35ClN4O3. The van der Waals surface area contributed by atoms with Gasteiger partial charge in [0.25, 0.3) is 5.56 Å². The number of nitrogens with one attached hydrogen (secondary N) is 1. The lowest BCUT2D eigenvalue weighted by molar-refractivity contribution is -0.136. The van der Waals surface area contributed by atoms with Crippen molar-refractivity contribution in [1.82, 2.24) is 19.9 Å². The molecule has 3 atom stereocenters. The number of rotatable bonds is 5. The number of aryl methyl sites for hydroxylation is 1. The predicted molar refractivity (Wildman–Crippen MR) is 139 cm³/mol. The summed E-state index contributed by atoms with van der Waals surface area (Å²) in [5.74, 6) is 0.958. The summed E-state index contributed by atoms with van der Waals surface area (Å²) in [4.78, 5) is 29.4. The number of likely N-dealkylation sites (N-methyl/N-ethyl adjacent to an activating group) is 1. The summed E-state index contributed by atoms with van der Waals surface area (Å²) in [6.07, 6.45) is 8.17. The first kappa shape index (κ1) is 24.3. The van der Waals surface area contributed by atoms with Crippen molar-refractivity contribution in [3.05, 3.63) is 39.3 Å². The Kier molecular flexibility index (Phi) is 6.43. The molecule has 2 saturated carbocycles. The molecule has 1 aromatic carbocycles. The first-order chi connectivity index (χ1) is 16.7. The first-order valence-corrected chi connectivity index (χ1v) is 13.2. The summed E-state index contributed by atoms with van der Waals surface area (Å²) in [5.41, 5.74) is 0.640. The largest absolute Gasteiger partial charge is 0.360 e. The lowest BCUT2D eigenvalue weighted by Gasteiger charge is -2.44. The average molecular weight is 499 g/mol. The van der Waals surface area contributed by atoms with Crippen LogP contribution in [0, 0.1) is 12.8 Å². The van der Waals surface area contributed by atoms with Crippen molar-refractivity contribution in [1.29, 1.82) is 0 Å². The van der Waals surface area contributed by atoms with Crippen molar-refractivity contribution in [3.8, 4) is 0 Å². The summed E-state index contributed by atoms with van der Waals surface area (Å²) < 4.78 is 7.24. The molecule has 0 bridgehead atoms. The van der Waals surface area contributed by atoms with Gasteiger partial charge < -0.3 is 14.4 Å². The molecule has 1 N–H and O–H groups in total. The van der Waals surface area contributed by atoms with E-state index in [1.165, 1.54) is 19.3 Å². The molecule has 2 aromatic heterocycles. The molecule has 5 rings (SSSR count). The number of benzene rings is 1. The third-order valence-electron chi connectivity index (χ3n) is 8.68. The molecular weight excluding hydrogens is 464 g/mol. The minimum Gasteiger partial charge on any atom is -0.360 e. The van der Waals surface area contributed by atoms with Crippen LogP contribution < -0.4 is 10.9 Å². The van der Waals surface area contributed by atoms with Crippen LogP contribution in [0.5, 0.6) is 0 Å². The van der Waals surface area contributed by atoms with E-state index in [0.717, 1.165) is 36.6 Å². The molecule has 2 fully saturated rings. The Morgan fingerprint density at radius 1 is 1.17 bits per heavy atom. The van der Waals surface area contributed by atoms with Gasteiger partial charge in [0.2, 0.25) is 5.91 Å². The fourth-order valence-corrected chi connectivity index (χ4v) is 6.67. The molecule has 3 unspecified atom stereocenters. The van der Waals surface area contributed by atoms with Crippen molar-refractivity contribution in [2.45, 2.75) is 82.8 Å². The van der Waals surface area contributed by atoms with Gasteiger partial charge in [-0.25, -0.2) is 0 Å². The van der Waals surface area contributed by atoms with Crippen LogP contribution in [0.15, 0.2) is 27.5 Å². The molecule has 2 aliphatic carbocycles. The van der Waals surface area contributed by atoms with Crippen LogP contribution in [0.4, 0.5) is 0 Å². The van der Waals surface area contributed by atoms with Crippen molar-refractivity contribution in [3.63, 3.8) is 0 Å². The van der Waals surface area contributed by atoms with Crippen LogP contribution in [0.2, 0.25) is 5.02 Å². The normalized spacial score (nSPS) is 23.3. The highest BCUT2D eigenvalue weighted by atomic mass is 35.5. The van der Waals surface area contributed by atoms with Crippen molar-refractivity contribution >= 4 is 39.3 Å². The zero-order valence-electron chi connectivity index (χ0n) is 21.1. The van der Waals surface area contributed by atoms with E-state index in [1.807, 2.05) is 36.9 Å². The van der Waals surface area contributed by atoms with E-state index in [2.05, 4.69) is 22.3 Å². The Hall–Kier alpha value is -2.38. The summed E-state index contributed by atoms with van der Waals surface area (Å²) >= 11 is 6.57. The van der Waals surface area contributed by atoms with E-state index in [-0.39, 0.29) is 23.6 Å². The highest BCUT2D eigenvalue weighted by molar-refractivity contribution is 6.37. The Morgan fingerprint density at radius 2 is 1.91 bits per heavy atom. The van der Waals surface area contributed by atoms with E-state index in [1.54, 1.807) is 6.92 Å². The van der Waals surface area contributed by atoms with E-state index < -0.39 is 5.54 Å². The lowest BCUT2D eigenvalue weighted by atomic mass is 9.74. The van der Waals surface area contributed by atoms with E-state index in [9.17, 15) is 9.59 Å². The van der Waals surface area contributed by atoms with Crippen molar-refractivity contribution in [2.75, 3.05) is 14.1 Å². The van der Waals surface area contributed by atoms with Crippen LogP contribution in [0.25, 0.3) is 21.8 Å². The fraction of sp³-hybridized carbons (Fsp3) is 0.593. The van der Waals surface area contributed by atoms with Gasteiger partial charge in [0, 0.05) is 17.5 Å². The number of hydrogen-bond donors (Lipinski definition) is 1. The Labute approximate surface area is 210 Å². The standard InChI is InChI=1S/C27H35ClN4O3/c1-16-22-24(30-35-16)23-20(28)11-8-12-21(23)32(25(22)33)19-14-13-18(15-19)29-26(34)27(2,31(3)4)17-9-6-5-7-10-17/h8,11-12,17-19H,5-7,9-10,13-15H2,1-4H3,(H,29,34). The maximum atomic E-state index is 13.7. The van der Waals surface area contributed by atoms with Gasteiger partial charge in [0.15, 0.2) is 0 Å². The van der Waals surface area contributed by atoms with E-state index >= 15 is 0 Å². The predicted octanol–water partition coefficient (Wildman–Crippen LogP) is 5.21. The van der Waals surface area contributed by atoms with Crippen LogP contribution in [0.1, 0.15) is 70.1 Å². The molecule has 8 heteroatoms. The lowest BCUT2D eigenvalue weighted by Crippen LogP contribution is -2.60. The van der Waals surface area contributed by atoms with Gasteiger partial charge in [-0.2, -0.15) is 0 Å². The second kappa shape index (κ2) is 9.25. The van der Waals surface area contributed by atoms with Gasteiger partial charge in [0.1, 0.15) is 16.7 Å². The van der Waals surface area contributed by atoms with Crippen LogP contribution in [0.3, 0.4) is 0 Å². The monoisotopic (exact) mass is 498 g/mol. The Morgan fingerprint density at radius 3 is 2.63 bits per heavy atom. The Balaban J connectivity index is 1.45. The maximum Gasteiger partial charge on any atom is 0.264 e. The van der Waals surface area contributed by atoms with E-state index in [4.69, 9.17) is 16.1 Å². The number of carbonyl (C=O) groups is 1. The van der Waals surface area contributed by atoms with Gasteiger partial charge in [0.05, 0.1) is 16.1 Å². The number of carbonyl (C=O) groups excluding carboxylic acids is 1. The minimum absolute atomic E-state index is 0.0239. The summed E-state index contributed by atoms with van der Waals surface area (Å²) in [6, 6.07) is 5.58. The summed E-state index contributed by atoms with van der Waals surface area (Å²) in [6.45, 7) is 3.85. The Bertz CT molecular complexity index is 1320. The smallest absolute Gasteiger partial charge is 0.264 e. The summed E-state index contributed by atoms with van der Waals surface area (Å²) in [5, 5.41) is 9.28. The summed E-state index contributed by atoms with van der Waals surface area (Å²) in [7, 11) is 4.02. The third kappa shape index (κ3) is 3.97. The maximum absolute atomic E-state index is 13.7. The molecule has 2 heterocycles. The topological polar surface area (TPSA) is 80.4 Å². The molecule has 188 valence electrons. The molecule has 0 saturated heterocycles. The van der Waals surface area contributed by atoms with Gasteiger partial charge in [-0.3, -0.25) is 14.5 Å². The van der Waals surface area contributed by atoms with Gasteiger partial charge in [-0.1, -0.05) is 42.1 Å². The molecule has 0 aliphatic heterocycles. The molecule has 7 nitrogen and oxygen atoms in total. The van der Waals surface area contributed by atoms with Crippen molar-refractivity contribution < 1.29 is 9.32 Å². The minimum atomic E-state index is -0.534. The zero-order chi connectivity index (χ0) is 24.9. The fourth-order valence-electron chi connectivity index (χ4n) is 6.41.